The molecule has 1 aliphatic rings. The van der Waals surface area contributed by atoms with Gasteiger partial charge in [-0.2, -0.15) is 0 Å². The summed E-state index contributed by atoms with van der Waals surface area (Å²) in [7, 11) is 0. The lowest BCUT2D eigenvalue weighted by Gasteiger charge is -2.27. The van der Waals surface area contributed by atoms with Crippen LogP contribution in [0.4, 0.5) is 0 Å². The van der Waals surface area contributed by atoms with Gasteiger partial charge in [-0.15, -0.1) is 0 Å². The molecule has 0 unspecified atom stereocenters. The van der Waals surface area contributed by atoms with Gasteiger partial charge in [-0.05, 0) is 66.0 Å². The lowest BCUT2D eigenvalue weighted by molar-refractivity contribution is -0.142. The second kappa shape index (κ2) is 6.90. The minimum absolute atomic E-state index is 0.153. The van der Waals surface area contributed by atoms with Gasteiger partial charge in [0.1, 0.15) is 0 Å². The minimum Gasteiger partial charge on any atom is -0.481 e. The molecule has 0 spiro atoms. The summed E-state index contributed by atoms with van der Waals surface area (Å²) in [5, 5.41) is 13.2. The highest BCUT2D eigenvalue weighted by Crippen LogP contribution is 2.25. The second-order valence-corrected chi connectivity index (χ2v) is 6.66. The number of aliphatic carboxylic acids is 1. The first-order valence-corrected chi connectivity index (χ1v) is 7.92. The van der Waals surface area contributed by atoms with Crippen molar-refractivity contribution in [2.75, 3.05) is 0 Å². The van der Waals surface area contributed by atoms with Crippen molar-refractivity contribution in [3.05, 3.63) is 32.4 Å². The summed E-state index contributed by atoms with van der Waals surface area (Å²) in [5.41, 5.74) is 1.10. The molecule has 5 heteroatoms. The highest BCUT2D eigenvalue weighted by molar-refractivity contribution is 14.1. The molecule has 0 saturated heterocycles. The highest BCUT2D eigenvalue weighted by Gasteiger charge is 2.25. The highest BCUT2D eigenvalue weighted by atomic mass is 127. The van der Waals surface area contributed by atoms with E-state index in [0.29, 0.717) is 6.04 Å². The van der Waals surface area contributed by atoms with Gasteiger partial charge >= 0.3 is 5.97 Å². The van der Waals surface area contributed by atoms with Crippen LogP contribution in [-0.4, -0.2) is 17.1 Å². The predicted molar refractivity (Wildman–Crippen MR) is 84.4 cm³/mol. The maximum atomic E-state index is 10.9. The average Bonchev–Trinajstić information content (AvgIpc) is 2.38. The van der Waals surface area contributed by atoms with Crippen LogP contribution < -0.4 is 5.32 Å². The van der Waals surface area contributed by atoms with Crippen molar-refractivity contribution in [3.63, 3.8) is 0 Å². The number of halogens is 2. The first-order valence-electron chi connectivity index (χ1n) is 6.46. The summed E-state index contributed by atoms with van der Waals surface area (Å²) in [6.45, 7) is 0.748. The summed E-state index contributed by atoms with van der Waals surface area (Å²) in [5.74, 6) is -0.806. The molecule has 1 fully saturated rings. The number of carboxylic acid groups (broad SMARTS) is 1. The Bertz CT molecular complexity index is 459. The van der Waals surface area contributed by atoms with E-state index in [1.165, 1.54) is 0 Å². The SMILES string of the molecule is O=C(O)C1CCC(NCc2ccc(I)cc2Cl)CC1. The Morgan fingerprint density at radius 3 is 2.63 bits per heavy atom. The van der Waals surface area contributed by atoms with E-state index in [0.717, 1.165) is 46.4 Å². The molecule has 3 nitrogen and oxygen atoms in total. The number of benzene rings is 1. The molecule has 0 amide bonds. The topological polar surface area (TPSA) is 49.3 Å². The van der Waals surface area contributed by atoms with Crippen molar-refractivity contribution < 1.29 is 9.90 Å². The molecule has 1 aromatic carbocycles. The number of carbonyl (C=O) groups is 1. The fraction of sp³-hybridized carbons (Fsp3) is 0.500. The smallest absolute Gasteiger partial charge is 0.306 e. The Kier molecular flexibility index (Phi) is 5.47. The molecule has 1 saturated carbocycles. The fourth-order valence-electron chi connectivity index (χ4n) is 2.46. The molecule has 0 aliphatic heterocycles. The molecule has 1 aliphatic carbocycles. The van der Waals surface area contributed by atoms with Gasteiger partial charge in [0.2, 0.25) is 0 Å². The zero-order valence-corrected chi connectivity index (χ0v) is 13.4. The summed E-state index contributed by atoms with van der Waals surface area (Å²) in [6.07, 6.45) is 3.40. The van der Waals surface area contributed by atoms with Gasteiger partial charge in [-0.1, -0.05) is 17.7 Å². The van der Waals surface area contributed by atoms with E-state index in [4.69, 9.17) is 16.7 Å². The summed E-state index contributed by atoms with van der Waals surface area (Å²) in [4.78, 5) is 10.9. The van der Waals surface area contributed by atoms with Crippen molar-refractivity contribution in [2.24, 2.45) is 5.92 Å². The predicted octanol–water partition coefficient (Wildman–Crippen LogP) is 3.68. The summed E-state index contributed by atoms with van der Waals surface area (Å²) in [6, 6.07) is 6.46. The Morgan fingerprint density at radius 2 is 2.05 bits per heavy atom. The lowest BCUT2D eigenvalue weighted by atomic mass is 9.86. The number of hydrogen-bond acceptors (Lipinski definition) is 2. The average molecular weight is 394 g/mol. The first kappa shape index (κ1) is 15.1. The maximum Gasteiger partial charge on any atom is 0.306 e. The number of hydrogen-bond donors (Lipinski definition) is 2. The van der Waals surface area contributed by atoms with Crippen LogP contribution in [0.3, 0.4) is 0 Å². The third-order valence-electron chi connectivity index (χ3n) is 3.67. The van der Waals surface area contributed by atoms with E-state index in [-0.39, 0.29) is 5.92 Å². The number of carboxylic acids is 1. The summed E-state index contributed by atoms with van der Waals surface area (Å²) < 4.78 is 1.13. The third kappa shape index (κ3) is 4.33. The van der Waals surface area contributed by atoms with Gasteiger partial charge in [-0.25, -0.2) is 0 Å². The monoisotopic (exact) mass is 393 g/mol. The summed E-state index contributed by atoms with van der Waals surface area (Å²) >= 11 is 8.43. The normalized spacial score (nSPS) is 23.3. The van der Waals surface area contributed by atoms with E-state index < -0.39 is 5.97 Å². The van der Waals surface area contributed by atoms with Crippen molar-refractivity contribution in [1.29, 1.82) is 0 Å². The molecule has 2 N–H and O–H groups in total. The molecule has 0 aromatic heterocycles. The van der Waals surface area contributed by atoms with Gasteiger partial charge in [0.15, 0.2) is 0 Å². The first-order chi connectivity index (χ1) is 9.06. The molecular weight excluding hydrogens is 377 g/mol. The van der Waals surface area contributed by atoms with Gasteiger partial charge in [0.05, 0.1) is 5.92 Å². The Hall–Kier alpha value is -0.330. The van der Waals surface area contributed by atoms with Gasteiger partial charge in [0.25, 0.3) is 0 Å². The van der Waals surface area contributed by atoms with Gasteiger partial charge < -0.3 is 10.4 Å². The number of nitrogens with one attached hydrogen (secondary N) is 1. The molecule has 2 rings (SSSR count). The van der Waals surface area contributed by atoms with Gasteiger partial charge in [0, 0.05) is 21.2 Å². The standard InChI is InChI=1S/C14H17ClINO2/c15-13-7-11(16)4-1-10(13)8-17-12-5-2-9(3-6-12)14(18)19/h1,4,7,9,12,17H,2-3,5-6,8H2,(H,18,19). The van der Waals surface area contributed by atoms with E-state index in [9.17, 15) is 4.79 Å². The van der Waals surface area contributed by atoms with Crippen LogP contribution in [0.5, 0.6) is 0 Å². The van der Waals surface area contributed by atoms with Crippen molar-refractivity contribution in [1.82, 2.24) is 5.32 Å². The van der Waals surface area contributed by atoms with Crippen LogP contribution in [0.2, 0.25) is 5.02 Å². The van der Waals surface area contributed by atoms with Crippen LogP contribution in [-0.2, 0) is 11.3 Å². The van der Waals surface area contributed by atoms with Crippen LogP contribution in [0.15, 0.2) is 18.2 Å². The molecule has 0 radical (unpaired) electrons. The quantitative estimate of drug-likeness (QED) is 0.767. The third-order valence-corrected chi connectivity index (χ3v) is 4.70. The maximum absolute atomic E-state index is 10.9. The van der Waals surface area contributed by atoms with Crippen molar-refractivity contribution >= 4 is 40.2 Å². The Balaban J connectivity index is 1.82. The van der Waals surface area contributed by atoms with Crippen LogP contribution in [0.1, 0.15) is 31.2 Å². The molecule has 104 valence electrons. The van der Waals surface area contributed by atoms with E-state index in [2.05, 4.69) is 27.9 Å². The van der Waals surface area contributed by atoms with E-state index in [1.54, 1.807) is 0 Å². The molecule has 0 heterocycles. The Morgan fingerprint density at radius 1 is 1.37 bits per heavy atom. The molecule has 19 heavy (non-hydrogen) atoms. The fourth-order valence-corrected chi connectivity index (χ4v) is 3.39. The van der Waals surface area contributed by atoms with Crippen molar-refractivity contribution in [2.45, 2.75) is 38.3 Å². The Labute approximate surface area is 131 Å². The number of rotatable bonds is 4. The van der Waals surface area contributed by atoms with Crippen LogP contribution in [0, 0.1) is 9.49 Å². The molecular formula is C14H17ClINO2. The zero-order chi connectivity index (χ0) is 13.8. The van der Waals surface area contributed by atoms with E-state index in [1.807, 2.05) is 18.2 Å². The molecule has 0 bridgehead atoms. The largest absolute Gasteiger partial charge is 0.481 e. The molecule has 0 atom stereocenters. The van der Waals surface area contributed by atoms with Crippen molar-refractivity contribution in [3.8, 4) is 0 Å². The van der Waals surface area contributed by atoms with Gasteiger partial charge in [-0.3, -0.25) is 4.79 Å². The minimum atomic E-state index is -0.654. The lowest BCUT2D eigenvalue weighted by Crippen LogP contribution is -2.34. The second-order valence-electron chi connectivity index (χ2n) is 5.00. The zero-order valence-electron chi connectivity index (χ0n) is 10.5. The van der Waals surface area contributed by atoms with Crippen LogP contribution in [0.25, 0.3) is 0 Å². The molecule has 1 aromatic rings. The van der Waals surface area contributed by atoms with Crippen LogP contribution >= 0.6 is 34.2 Å². The van der Waals surface area contributed by atoms with E-state index >= 15 is 0 Å².